The molecule has 1 aromatic heterocycles. The van der Waals surface area contributed by atoms with Crippen molar-refractivity contribution in [1.29, 1.82) is 0 Å². The van der Waals surface area contributed by atoms with Crippen molar-refractivity contribution in [3.63, 3.8) is 0 Å². The maximum absolute atomic E-state index is 11.6. The predicted octanol–water partition coefficient (Wildman–Crippen LogP) is 1.92. The van der Waals surface area contributed by atoms with Crippen molar-refractivity contribution in [2.75, 3.05) is 18.9 Å². The number of hydrogen-bond donors (Lipinski definition) is 0. The fourth-order valence-electron chi connectivity index (χ4n) is 0.877. The van der Waals surface area contributed by atoms with Crippen LogP contribution in [0.3, 0.4) is 0 Å². The minimum atomic E-state index is 0.0463. The molecule has 0 aromatic carbocycles. The zero-order valence-electron chi connectivity index (χ0n) is 7.58. The van der Waals surface area contributed by atoms with Crippen LogP contribution in [0, 0.1) is 6.92 Å². The quantitative estimate of drug-likeness (QED) is 0.780. The summed E-state index contributed by atoms with van der Waals surface area (Å²) in [7, 11) is 1.79. The lowest BCUT2D eigenvalue weighted by Crippen LogP contribution is -2.27. The molecule has 13 heavy (non-hydrogen) atoms. The van der Waals surface area contributed by atoms with Crippen molar-refractivity contribution in [3.05, 3.63) is 16.1 Å². The summed E-state index contributed by atoms with van der Waals surface area (Å²) in [5, 5.41) is 1.73. The van der Waals surface area contributed by atoms with Crippen molar-refractivity contribution >= 4 is 33.2 Å². The van der Waals surface area contributed by atoms with Crippen LogP contribution >= 0.6 is 27.3 Å². The monoisotopic (exact) mass is 262 g/mol. The maximum atomic E-state index is 11.6. The van der Waals surface area contributed by atoms with E-state index in [2.05, 4.69) is 20.9 Å². The highest BCUT2D eigenvalue weighted by atomic mass is 79.9. The molecule has 1 amide bonds. The molecule has 0 aliphatic rings. The Labute approximate surface area is 89.9 Å². The summed E-state index contributed by atoms with van der Waals surface area (Å²) in [6.07, 6.45) is 1.63. The van der Waals surface area contributed by atoms with E-state index in [1.165, 1.54) is 11.3 Å². The molecular weight excluding hydrogens is 252 g/mol. The molecule has 0 bridgehead atoms. The van der Waals surface area contributed by atoms with Crippen LogP contribution in [0.2, 0.25) is 0 Å². The molecule has 1 rings (SSSR count). The van der Waals surface area contributed by atoms with E-state index in [1.54, 1.807) is 18.1 Å². The molecule has 0 saturated carbocycles. The number of carbonyl (C=O) groups is 1. The number of halogens is 1. The third-order valence-electron chi connectivity index (χ3n) is 1.60. The van der Waals surface area contributed by atoms with Crippen LogP contribution in [0.5, 0.6) is 0 Å². The Hall–Kier alpha value is -0.420. The van der Waals surface area contributed by atoms with Gasteiger partial charge >= 0.3 is 0 Å². The summed E-state index contributed by atoms with van der Waals surface area (Å²) in [5.41, 5.74) is 0. The first-order valence-electron chi connectivity index (χ1n) is 3.89. The fourth-order valence-corrected chi connectivity index (χ4v) is 2.18. The van der Waals surface area contributed by atoms with Crippen LogP contribution < -0.4 is 0 Å². The molecule has 0 aliphatic heterocycles. The van der Waals surface area contributed by atoms with E-state index >= 15 is 0 Å². The molecule has 0 N–H and O–H groups in total. The number of amides is 1. The van der Waals surface area contributed by atoms with E-state index in [-0.39, 0.29) is 5.91 Å². The van der Waals surface area contributed by atoms with Crippen molar-refractivity contribution < 1.29 is 4.79 Å². The van der Waals surface area contributed by atoms with Gasteiger partial charge in [-0.25, -0.2) is 4.98 Å². The number of hydrogen-bond acceptors (Lipinski definition) is 3. The van der Waals surface area contributed by atoms with Gasteiger partial charge in [0.25, 0.3) is 5.91 Å². The fraction of sp³-hybridized carbons (Fsp3) is 0.500. The number of thiazole rings is 1. The van der Waals surface area contributed by atoms with Crippen LogP contribution in [0.15, 0.2) is 6.20 Å². The lowest BCUT2D eigenvalue weighted by Gasteiger charge is -2.13. The molecule has 0 radical (unpaired) electrons. The zero-order chi connectivity index (χ0) is 9.84. The van der Waals surface area contributed by atoms with Crippen molar-refractivity contribution in [2.45, 2.75) is 6.92 Å². The van der Waals surface area contributed by atoms with E-state index in [0.717, 1.165) is 16.9 Å². The third kappa shape index (κ3) is 2.77. The van der Waals surface area contributed by atoms with E-state index < -0.39 is 0 Å². The molecule has 3 nitrogen and oxygen atoms in total. The highest BCUT2D eigenvalue weighted by Gasteiger charge is 2.12. The second-order valence-electron chi connectivity index (χ2n) is 2.66. The van der Waals surface area contributed by atoms with Gasteiger partial charge in [-0.3, -0.25) is 4.79 Å². The Morgan fingerprint density at radius 3 is 2.92 bits per heavy atom. The van der Waals surface area contributed by atoms with E-state index in [9.17, 15) is 4.79 Å². The summed E-state index contributed by atoms with van der Waals surface area (Å²) in [6, 6.07) is 0. The van der Waals surface area contributed by atoms with Crippen LogP contribution in [0.4, 0.5) is 0 Å². The average Bonchev–Trinajstić information content (AvgIpc) is 2.51. The van der Waals surface area contributed by atoms with Crippen LogP contribution in [-0.2, 0) is 0 Å². The normalized spacial score (nSPS) is 10.1. The molecule has 0 fully saturated rings. The molecule has 0 spiro atoms. The van der Waals surface area contributed by atoms with E-state index in [0.29, 0.717) is 4.88 Å². The zero-order valence-corrected chi connectivity index (χ0v) is 9.98. The summed E-state index contributed by atoms with van der Waals surface area (Å²) in [5.74, 6) is 0.0463. The lowest BCUT2D eigenvalue weighted by atomic mass is 10.4. The minimum absolute atomic E-state index is 0.0463. The predicted molar refractivity (Wildman–Crippen MR) is 57.6 cm³/mol. The standard InChI is InChI=1S/C8H11BrN2OS/c1-6-10-5-7(13-6)8(12)11(2)4-3-9/h5H,3-4H2,1-2H3. The molecule has 1 heterocycles. The Morgan fingerprint density at radius 1 is 1.77 bits per heavy atom. The SMILES string of the molecule is Cc1ncc(C(=O)N(C)CCBr)s1. The molecule has 0 unspecified atom stereocenters. The summed E-state index contributed by atoms with van der Waals surface area (Å²) < 4.78 is 0. The van der Waals surface area contributed by atoms with Gasteiger partial charge in [-0.05, 0) is 6.92 Å². The van der Waals surface area contributed by atoms with Gasteiger partial charge in [-0.15, -0.1) is 11.3 Å². The molecule has 5 heteroatoms. The summed E-state index contributed by atoms with van der Waals surface area (Å²) >= 11 is 4.72. The number of aromatic nitrogens is 1. The number of nitrogens with zero attached hydrogens (tertiary/aromatic N) is 2. The van der Waals surface area contributed by atoms with Gasteiger partial charge in [-0.1, -0.05) is 15.9 Å². The van der Waals surface area contributed by atoms with Crippen LogP contribution in [0.25, 0.3) is 0 Å². The smallest absolute Gasteiger partial charge is 0.265 e. The first-order chi connectivity index (χ1) is 6.15. The van der Waals surface area contributed by atoms with E-state index in [4.69, 9.17) is 0 Å². The molecular formula is C8H11BrN2OS. The summed E-state index contributed by atoms with van der Waals surface area (Å²) in [4.78, 5) is 18.1. The van der Waals surface area contributed by atoms with Crippen LogP contribution in [-0.4, -0.2) is 34.7 Å². The van der Waals surface area contributed by atoms with Gasteiger partial charge < -0.3 is 4.90 Å². The topological polar surface area (TPSA) is 33.2 Å². The van der Waals surface area contributed by atoms with Gasteiger partial charge in [-0.2, -0.15) is 0 Å². The molecule has 1 aromatic rings. The molecule has 72 valence electrons. The molecule has 0 aliphatic carbocycles. The largest absolute Gasteiger partial charge is 0.340 e. The highest BCUT2D eigenvalue weighted by molar-refractivity contribution is 9.09. The first-order valence-corrected chi connectivity index (χ1v) is 5.83. The second kappa shape index (κ2) is 4.72. The number of alkyl halides is 1. The maximum Gasteiger partial charge on any atom is 0.265 e. The van der Waals surface area contributed by atoms with Crippen molar-refractivity contribution in [3.8, 4) is 0 Å². The van der Waals surface area contributed by atoms with Gasteiger partial charge in [0.05, 0.1) is 11.2 Å². The Kier molecular flexibility index (Phi) is 3.87. The van der Waals surface area contributed by atoms with Crippen molar-refractivity contribution in [2.24, 2.45) is 0 Å². The van der Waals surface area contributed by atoms with Crippen molar-refractivity contribution in [1.82, 2.24) is 9.88 Å². The number of rotatable bonds is 3. The first kappa shape index (κ1) is 10.7. The number of aryl methyl sites for hydroxylation is 1. The van der Waals surface area contributed by atoms with Gasteiger partial charge in [0.1, 0.15) is 4.88 Å². The highest BCUT2D eigenvalue weighted by Crippen LogP contribution is 2.13. The van der Waals surface area contributed by atoms with Gasteiger partial charge in [0.15, 0.2) is 0 Å². The minimum Gasteiger partial charge on any atom is -0.340 e. The molecule has 0 saturated heterocycles. The van der Waals surface area contributed by atoms with E-state index in [1.807, 2.05) is 6.92 Å². The Morgan fingerprint density at radius 2 is 2.46 bits per heavy atom. The number of carbonyl (C=O) groups excluding carboxylic acids is 1. The second-order valence-corrected chi connectivity index (χ2v) is 4.69. The Bertz CT molecular complexity index is 300. The molecule has 0 atom stereocenters. The third-order valence-corrected chi connectivity index (χ3v) is 2.85. The van der Waals surface area contributed by atoms with Gasteiger partial charge in [0.2, 0.25) is 0 Å². The van der Waals surface area contributed by atoms with Crippen LogP contribution in [0.1, 0.15) is 14.7 Å². The lowest BCUT2D eigenvalue weighted by molar-refractivity contribution is 0.0808. The Balaban J connectivity index is 2.67. The van der Waals surface area contributed by atoms with Gasteiger partial charge in [0, 0.05) is 18.9 Å². The summed E-state index contributed by atoms with van der Waals surface area (Å²) in [6.45, 7) is 2.61. The average molecular weight is 263 g/mol.